The zero-order chi connectivity index (χ0) is 29.9. The highest BCUT2D eigenvalue weighted by Crippen LogP contribution is 2.52. The molecule has 2 aliphatic heterocycles. The van der Waals surface area contributed by atoms with Crippen LogP contribution in [0.15, 0.2) is 117 Å². The third-order valence-electron chi connectivity index (χ3n) is 8.61. The minimum Gasteiger partial charge on any atom is -0.338 e. The maximum absolute atomic E-state index is 2.40. The molecule has 0 aliphatic carbocycles. The Morgan fingerprint density at radius 3 is 1.34 bits per heavy atom. The van der Waals surface area contributed by atoms with Crippen LogP contribution in [0.1, 0.15) is 22.9 Å². The molecule has 4 aromatic carbocycles. The summed E-state index contributed by atoms with van der Waals surface area (Å²) in [5, 5.41) is 5.31. The van der Waals surface area contributed by atoms with Crippen molar-refractivity contribution in [3.05, 3.63) is 117 Å². The lowest BCUT2D eigenvalue weighted by Crippen LogP contribution is -2.32. The normalized spacial score (nSPS) is 16.6. The molecule has 0 bridgehead atoms. The van der Waals surface area contributed by atoms with Gasteiger partial charge < -0.3 is 9.80 Å². The first kappa shape index (κ1) is 28.0. The number of aryl methyl sites for hydroxylation is 2. The van der Waals surface area contributed by atoms with Gasteiger partial charge in [-0.3, -0.25) is 0 Å². The van der Waals surface area contributed by atoms with Gasteiger partial charge in [0, 0.05) is 36.0 Å². The number of aromatic nitrogens is 2. The van der Waals surface area contributed by atoms with Gasteiger partial charge in [-0.2, -0.15) is 9.13 Å². The number of allylic oxidation sites excluding steroid dienone is 2. The zero-order valence-electron chi connectivity index (χ0n) is 25.1. The number of thiazole rings is 2. The van der Waals surface area contributed by atoms with E-state index in [-0.39, 0.29) is 0 Å². The predicted octanol–water partition coefficient (Wildman–Crippen LogP) is 9.07. The number of hydrogen-bond acceptors (Lipinski definition) is 6. The molecule has 0 amide bonds. The minimum atomic E-state index is 0.930. The summed E-state index contributed by atoms with van der Waals surface area (Å²) >= 11 is 7.63. The van der Waals surface area contributed by atoms with Gasteiger partial charge in [-0.1, -0.05) is 94.7 Å². The topological polar surface area (TPSA) is 14.2 Å². The van der Waals surface area contributed by atoms with Crippen molar-refractivity contribution in [2.45, 2.75) is 22.6 Å². The maximum atomic E-state index is 2.40. The molecule has 2 aliphatic rings. The van der Waals surface area contributed by atoms with Crippen molar-refractivity contribution in [2.24, 2.45) is 14.1 Å². The van der Waals surface area contributed by atoms with Crippen molar-refractivity contribution >= 4 is 89.2 Å². The molecular formula is C36H32N4S4+2. The molecule has 0 unspecified atom stereocenters. The second-order valence-corrected chi connectivity index (χ2v) is 15.3. The number of fused-ring (bicyclic) bond motifs is 4. The molecule has 44 heavy (non-hydrogen) atoms. The van der Waals surface area contributed by atoms with Crippen LogP contribution < -0.4 is 18.9 Å². The van der Waals surface area contributed by atoms with Crippen LogP contribution in [0, 0.1) is 0 Å². The summed E-state index contributed by atoms with van der Waals surface area (Å²) in [5.74, 6) is 0. The summed E-state index contributed by atoms with van der Waals surface area (Å²) in [6.45, 7) is 0. The summed E-state index contributed by atoms with van der Waals surface area (Å²) in [5.41, 5.74) is 7.94. The number of benzene rings is 4. The molecule has 0 radical (unpaired) electrons. The molecule has 0 saturated heterocycles. The van der Waals surface area contributed by atoms with E-state index in [0.29, 0.717) is 0 Å². The molecule has 4 heterocycles. The number of nitrogens with zero attached hydrogens (tertiary/aromatic N) is 4. The van der Waals surface area contributed by atoms with Crippen LogP contribution in [0.25, 0.3) is 31.6 Å². The number of anilines is 2. The van der Waals surface area contributed by atoms with E-state index in [1.165, 1.54) is 72.8 Å². The second-order valence-electron chi connectivity index (χ2n) is 11.2. The zero-order valence-corrected chi connectivity index (χ0v) is 28.3. The Morgan fingerprint density at radius 2 is 0.932 bits per heavy atom. The van der Waals surface area contributed by atoms with E-state index in [0.717, 1.165) is 12.8 Å². The molecule has 8 rings (SSSR count). The Morgan fingerprint density at radius 1 is 0.545 bits per heavy atom. The van der Waals surface area contributed by atoms with Gasteiger partial charge in [-0.05, 0) is 49.2 Å². The highest BCUT2D eigenvalue weighted by molar-refractivity contribution is 8.04. The average Bonchev–Trinajstić information content (AvgIpc) is 3.78. The van der Waals surface area contributed by atoms with Crippen LogP contribution in [0.3, 0.4) is 0 Å². The quantitative estimate of drug-likeness (QED) is 0.173. The third kappa shape index (κ3) is 4.50. The lowest BCUT2D eigenvalue weighted by atomic mass is 10.1. The largest absolute Gasteiger partial charge is 0.338 e. The van der Waals surface area contributed by atoms with E-state index >= 15 is 0 Å². The second kappa shape index (κ2) is 11.1. The molecule has 4 nitrogen and oxygen atoms in total. The molecule has 8 heteroatoms. The molecule has 0 spiro atoms. The Labute approximate surface area is 274 Å². The Bertz CT molecular complexity index is 2000. The fourth-order valence-corrected chi connectivity index (χ4v) is 11.3. The van der Waals surface area contributed by atoms with Crippen molar-refractivity contribution < 1.29 is 9.13 Å². The first-order valence-electron chi connectivity index (χ1n) is 14.7. The monoisotopic (exact) mass is 648 g/mol. The van der Waals surface area contributed by atoms with Gasteiger partial charge in [0.05, 0.1) is 32.6 Å². The number of thioether (sulfide) groups is 2. The number of hydrogen-bond donors (Lipinski definition) is 0. The van der Waals surface area contributed by atoms with Crippen LogP contribution >= 0.6 is 46.2 Å². The van der Waals surface area contributed by atoms with Crippen LogP contribution in [-0.2, 0) is 14.1 Å². The molecule has 6 aromatic rings. The van der Waals surface area contributed by atoms with Crippen LogP contribution in [0.4, 0.5) is 11.4 Å². The van der Waals surface area contributed by atoms with E-state index in [4.69, 9.17) is 0 Å². The van der Waals surface area contributed by atoms with Crippen LogP contribution in [0.5, 0.6) is 0 Å². The third-order valence-corrected chi connectivity index (χ3v) is 13.7. The smallest absolute Gasteiger partial charge is 0.268 e. The highest BCUT2D eigenvalue weighted by atomic mass is 32.2. The summed E-state index contributed by atoms with van der Waals surface area (Å²) < 4.78 is 7.45. The first-order chi connectivity index (χ1) is 21.5. The van der Waals surface area contributed by atoms with Gasteiger partial charge in [0.1, 0.15) is 23.5 Å². The summed E-state index contributed by atoms with van der Waals surface area (Å²) in [6, 6.07) is 35.1. The first-order valence-corrected chi connectivity index (χ1v) is 18.0. The SMILES string of the molecule is CN1/C(=C(\CC/C(=C2/Sc3ccccc3N2C)c2sc3ccccc3[n+]2C)c2sc3ccccc3[n+]2C)Sc2ccccc21. The lowest BCUT2D eigenvalue weighted by molar-refractivity contribution is -0.643. The van der Waals surface area contributed by atoms with Gasteiger partial charge in [-0.25, -0.2) is 0 Å². The van der Waals surface area contributed by atoms with Gasteiger partial charge in [0.15, 0.2) is 0 Å². The molecule has 0 atom stereocenters. The molecule has 0 fully saturated rings. The number of para-hydroxylation sites is 4. The Hall–Kier alpha value is -3.56. The standard InChI is InChI=1S/C36H32N4S4/c1-37-25-13-5-9-17-29(25)41-33(37)23(34-38(2)26-14-6-10-18-30(26)42-34)21-22-24(35-39(3)27-15-7-11-19-31(27)43-35)36-40(4)28-16-8-12-20-32(28)44-36/h5-20H,21-22H2,1-4H3/q+2. The number of rotatable bonds is 5. The van der Waals surface area contributed by atoms with E-state index in [9.17, 15) is 0 Å². The van der Waals surface area contributed by atoms with Crippen molar-refractivity contribution in [3.63, 3.8) is 0 Å². The van der Waals surface area contributed by atoms with Gasteiger partial charge in [0.2, 0.25) is 11.0 Å². The van der Waals surface area contributed by atoms with Crippen LogP contribution in [-0.4, -0.2) is 14.1 Å². The van der Waals surface area contributed by atoms with E-state index in [1.54, 1.807) is 0 Å². The molecule has 0 N–H and O–H groups in total. The van der Waals surface area contributed by atoms with Crippen molar-refractivity contribution in [3.8, 4) is 0 Å². The fraction of sp³-hybridized carbons (Fsp3) is 0.167. The van der Waals surface area contributed by atoms with Gasteiger partial charge in [-0.15, -0.1) is 0 Å². The van der Waals surface area contributed by atoms with Gasteiger partial charge in [0.25, 0.3) is 10.0 Å². The van der Waals surface area contributed by atoms with E-state index < -0.39 is 0 Å². The predicted molar refractivity (Wildman–Crippen MR) is 190 cm³/mol. The maximum Gasteiger partial charge on any atom is 0.268 e. The summed E-state index contributed by atoms with van der Waals surface area (Å²) in [4.78, 5) is 7.45. The van der Waals surface area contributed by atoms with Crippen molar-refractivity contribution in [2.75, 3.05) is 23.9 Å². The summed E-state index contributed by atoms with van der Waals surface area (Å²) in [6.07, 6.45) is 1.86. The molecule has 218 valence electrons. The van der Waals surface area contributed by atoms with E-state index in [2.05, 4.69) is 144 Å². The molecule has 0 saturated carbocycles. The Balaban J connectivity index is 1.29. The minimum absolute atomic E-state index is 0.930. The van der Waals surface area contributed by atoms with E-state index in [1.807, 2.05) is 46.2 Å². The van der Waals surface area contributed by atoms with Crippen molar-refractivity contribution in [1.82, 2.24) is 0 Å². The van der Waals surface area contributed by atoms with Gasteiger partial charge >= 0.3 is 0 Å². The van der Waals surface area contributed by atoms with Crippen molar-refractivity contribution in [1.29, 1.82) is 0 Å². The molecule has 2 aromatic heterocycles. The summed E-state index contributed by atoms with van der Waals surface area (Å²) in [7, 11) is 8.91. The Kier molecular flexibility index (Phi) is 7.05. The van der Waals surface area contributed by atoms with Crippen LogP contribution in [0.2, 0.25) is 0 Å². The average molecular weight is 649 g/mol. The lowest BCUT2D eigenvalue weighted by Gasteiger charge is -2.19. The molecular weight excluding hydrogens is 617 g/mol. The fourth-order valence-electron chi connectivity index (χ4n) is 6.33. The highest BCUT2D eigenvalue weighted by Gasteiger charge is 2.34.